The summed E-state index contributed by atoms with van der Waals surface area (Å²) < 4.78 is 12.9. The molecule has 4 rings (SSSR count). The predicted molar refractivity (Wildman–Crippen MR) is 126 cm³/mol. The predicted octanol–water partition coefficient (Wildman–Crippen LogP) is 3.73. The van der Waals surface area contributed by atoms with E-state index in [0.717, 1.165) is 11.4 Å². The Balaban J connectivity index is 1.28. The number of imide groups is 1. The van der Waals surface area contributed by atoms with Crippen molar-refractivity contribution < 1.29 is 19.1 Å². The quantitative estimate of drug-likeness (QED) is 0.385. The van der Waals surface area contributed by atoms with Crippen LogP contribution in [0.4, 0.5) is 10.5 Å². The van der Waals surface area contributed by atoms with Crippen LogP contribution in [-0.2, 0) is 11.3 Å². The third-order valence-corrected chi connectivity index (χ3v) is 5.64. The highest BCUT2D eigenvalue weighted by molar-refractivity contribution is 7.99. The lowest BCUT2D eigenvalue weighted by molar-refractivity contribution is -0.119. The Labute approximate surface area is 195 Å². The number of thioether (sulfide) groups is 1. The number of carbonyl (C=O) groups is 2. The molecule has 0 unspecified atom stereocenters. The third kappa shape index (κ3) is 5.72. The largest absolute Gasteiger partial charge is 0.486 e. The average molecular weight is 466 g/mol. The number of rotatable bonds is 8. The second-order valence-electron chi connectivity index (χ2n) is 7.03. The first-order valence-electron chi connectivity index (χ1n) is 10.4. The third-order valence-electron chi connectivity index (χ3n) is 4.67. The zero-order valence-corrected chi connectivity index (χ0v) is 18.6. The van der Waals surface area contributed by atoms with E-state index in [2.05, 4.69) is 27.4 Å². The van der Waals surface area contributed by atoms with Gasteiger partial charge in [0.2, 0.25) is 5.91 Å². The molecule has 0 atom stereocenters. The molecule has 0 saturated heterocycles. The number of anilines is 1. The zero-order chi connectivity index (χ0) is 23.0. The molecule has 0 saturated carbocycles. The van der Waals surface area contributed by atoms with E-state index in [0.29, 0.717) is 47.9 Å². The number of urea groups is 1. The van der Waals surface area contributed by atoms with E-state index in [4.69, 9.17) is 9.47 Å². The van der Waals surface area contributed by atoms with Crippen LogP contribution in [0.2, 0.25) is 0 Å². The summed E-state index contributed by atoms with van der Waals surface area (Å²) >= 11 is 1.40. The number of ether oxygens (including phenoxy) is 2. The number of allylic oxidation sites excluding steroid dienone is 1. The van der Waals surface area contributed by atoms with Crippen molar-refractivity contribution in [2.45, 2.75) is 18.1 Å². The number of benzene rings is 2. The van der Waals surface area contributed by atoms with E-state index in [-0.39, 0.29) is 6.42 Å². The van der Waals surface area contributed by atoms with Gasteiger partial charge < -0.3 is 14.8 Å². The van der Waals surface area contributed by atoms with Gasteiger partial charge in [0.1, 0.15) is 13.2 Å². The summed E-state index contributed by atoms with van der Waals surface area (Å²) in [4.78, 5) is 24.4. The van der Waals surface area contributed by atoms with E-state index in [1.54, 1.807) is 24.3 Å². The minimum atomic E-state index is -0.608. The lowest BCUT2D eigenvalue weighted by Crippen LogP contribution is -2.34. The molecule has 1 aliphatic rings. The van der Waals surface area contributed by atoms with Gasteiger partial charge in [-0.3, -0.25) is 14.7 Å². The molecule has 3 aromatic rings. The van der Waals surface area contributed by atoms with Crippen LogP contribution >= 0.6 is 11.8 Å². The molecule has 1 aromatic heterocycles. The van der Waals surface area contributed by atoms with Gasteiger partial charge in [-0.2, -0.15) is 0 Å². The maximum atomic E-state index is 12.2. The molecular weight excluding hydrogens is 442 g/mol. The van der Waals surface area contributed by atoms with Crippen molar-refractivity contribution in [3.8, 4) is 22.9 Å². The molecule has 3 amide bonds. The van der Waals surface area contributed by atoms with Crippen molar-refractivity contribution in [2.75, 3.05) is 24.3 Å². The highest BCUT2D eigenvalue weighted by atomic mass is 32.2. The van der Waals surface area contributed by atoms with Gasteiger partial charge in [-0.1, -0.05) is 48.2 Å². The van der Waals surface area contributed by atoms with E-state index >= 15 is 0 Å². The Kier molecular flexibility index (Phi) is 7.26. The fourth-order valence-corrected chi connectivity index (χ4v) is 4.08. The summed E-state index contributed by atoms with van der Waals surface area (Å²) in [5.74, 6) is 1.96. The lowest BCUT2D eigenvalue weighted by atomic mass is 10.2. The Morgan fingerprint density at radius 2 is 1.88 bits per heavy atom. The van der Waals surface area contributed by atoms with Crippen molar-refractivity contribution in [2.24, 2.45) is 0 Å². The molecule has 0 bridgehead atoms. The smallest absolute Gasteiger partial charge is 0.325 e. The SMILES string of the molecule is C=CCn1c(SCCC(=O)NC(=O)Nc2ccc3c(c2)OCCO3)nnc1-c1ccccc1. The highest BCUT2D eigenvalue weighted by Gasteiger charge is 2.16. The first-order valence-corrected chi connectivity index (χ1v) is 11.4. The second-order valence-corrected chi connectivity index (χ2v) is 8.09. The van der Waals surface area contributed by atoms with Crippen molar-refractivity contribution in [1.82, 2.24) is 20.1 Å². The normalized spacial score (nSPS) is 12.1. The van der Waals surface area contributed by atoms with E-state index < -0.39 is 11.9 Å². The number of aromatic nitrogens is 3. The van der Waals surface area contributed by atoms with Crippen LogP contribution in [0.3, 0.4) is 0 Å². The average Bonchev–Trinajstić information content (AvgIpc) is 3.22. The van der Waals surface area contributed by atoms with Crippen LogP contribution in [0.25, 0.3) is 11.4 Å². The van der Waals surface area contributed by atoms with Crippen LogP contribution in [-0.4, -0.2) is 45.7 Å². The number of fused-ring (bicyclic) bond motifs is 1. The van der Waals surface area contributed by atoms with Gasteiger partial charge in [0, 0.05) is 36.0 Å². The fourth-order valence-electron chi connectivity index (χ4n) is 3.20. The van der Waals surface area contributed by atoms with Crippen molar-refractivity contribution in [3.63, 3.8) is 0 Å². The summed E-state index contributed by atoms with van der Waals surface area (Å²) in [6, 6.07) is 14.2. The maximum absolute atomic E-state index is 12.2. The Morgan fingerprint density at radius 3 is 2.67 bits per heavy atom. The van der Waals surface area contributed by atoms with Gasteiger partial charge in [-0.15, -0.1) is 16.8 Å². The Bertz CT molecular complexity index is 1150. The number of carbonyl (C=O) groups excluding carboxylic acids is 2. The summed E-state index contributed by atoms with van der Waals surface area (Å²) in [5.41, 5.74) is 1.46. The molecule has 0 spiro atoms. The van der Waals surface area contributed by atoms with Crippen LogP contribution in [0.15, 0.2) is 66.3 Å². The molecule has 0 fully saturated rings. The van der Waals surface area contributed by atoms with Crippen molar-refractivity contribution >= 4 is 29.4 Å². The van der Waals surface area contributed by atoms with Crippen LogP contribution in [0, 0.1) is 0 Å². The molecule has 10 heteroatoms. The number of amides is 3. The zero-order valence-electron chi connectivity index (χ0n) is 17.8. The van der Waals surface area contributed by atoms with Gasteiger partial charge >= 0.3 is 6.03 Å². The van der Waals surface area contributed by atoms with Crippen LogP contribution in [0.5, 0.6) is 11.5 Å². The summed E-state index contributed by atoms with van der Waals surface area (Å²) in [6.07, 6.45) is 1.91. The van der Waals surface area contributed by atoms with Gasteiger partial charge in [-0.25, -0.2) is 4.79 Å². The number of hydrogen-bond donors (Lipinski definition) is 2. The van der Waals surface area contributed by atoms with Crippen LogP contribution < -0.4 is 20.1 Å². The topological polar surface area (TPSA) is 107 Å². The van der Waals surface area contributed by atoms with E-state index in [9.17, 15) is 9.59 Å². The maximum Gasteiger partial charge on any atom is 0.325 e. The first-order chi connectivity index (χ1) is 16.1. The van der Waals surface area contributed by atoms with Crippen molar-refractivity contribution in [1.29, 1.82) is 0 Å². The minimum absolute atomic E-state index is 0.140. The van der Waals surface area contributed by atoms with E-state index in [1.165, 1.54) is 11.8 Å². The second kappa shape index (κ2) is 10.7. The molecule has 1 aliphatic heterocycles. The number of hydrogen-bond acceptors (Lipinski definition) is 7. The first kappa shape index (κ1) is 22.4. The summed E-state index contributed by atoms with van der Waals surface area (Å²) in [7, 11) is 0. The highest BCUT2D eigenvalue weighted by Crippen LogP contribution is 2.32. The lowest BCUT2D eigenvalue weighted by Gasteiger charge is -2.19. The standard InChI is InChI=1S/C23H23N5O4S/c1-2-11-28-21(16-6-4-3-5-7-16)26-27-23(28)33-14-10-20(29)25-22(30)24-17-8-9-18-19(15-17)32-13-12-31-18/h2-9,15H,1,10-14H2,(H2,24,25,29,30). The van der Waals surface area contributed by atoms with Gasteiger partial charge in [0.25, 0.3) is 0 Å². The molecule has 2 heterocycles. The van der Waals surface area contributed by atoms with Gasteiger partial charge in [0.05, 0.1) is 0 Å². The Morgan fingerprint density at radius 1 is 1.09 bits per heavy atom. The fraction of sp³-hybridized carbons (Fsp3) is 0.217. The molecule has 2 aromatic carbocycles. The molecule has 9 nitrogen and oxygen atoms in total. The number of nitrogens with one attached hydrogen (secondary N) is 2. The van der Waals surface area contributed by atoms with Crippen molar-refractivity contribution in [3.05, 3.63) is 61.2 Å². The van der Waals surface area contributed by atoms with Gasteiger partial charge in [0.15, 0.2) is 22.5 Å². The minimum Gasteiger partial charge on any atom is -0.486 e. The molecule has 2 N–H and O–H groups in total. The molecule has 33 heavy (non-hydrogen) atoms. The summed E-state index contributed by atoms with van der Waals surface area (Å²) in [5, 5.41) is 14.2. The molecule has 0 aliphatic carbocycles. The van der Waals surface area contributed by atoms with Gasteiger partial charge in [-0.05, 0) is 12.1 Å². The molecule has 170 valence electrons. The van der Waals surface area contributed by atoms with Crippen LogP contribution in [0.1, 0.15) is 6.42 Å². The molecule has 0 radical (unpaired) electrons. The summed E-state index contributed by atoms with van der Waals surface area (Å²) in [6.45, 7) is 5.29. The number of nitrogens with zero attached hydrogens (tertiary/aromatic N) is 3. The molecular formula is C23H23N5O4S. The van der Waals surface area contributed by atoms with E-state index in [1.807, 2.05) is 34.9 Å². The monoisotopic (exact) mass is 465 g/mol. The Hall–Kier alpha value is -3.79.